The van der Waals surface area contributed by atoms with Crippen LogP contribution in [0.3, 0.4) is 0 Å². The standard InChI is InChI=1S/C13H21N3O3S/c1-11-9-16(10-12(2)19-11)20(17,18)15-8-6-13-5-3-4-7-14-13/h3-5,7,11-12,15H,6,8-10H2,1-2H3. The van der Waals surface area contributed by atoms with E-state index in [1.807, 2.05) is 32.0 Å². The van der Waals surface area contributed by atoms with Crippen molar-refractivity contribution >= 4 is 10.2 Å². The van der Waals surface area contributed by atoms with Crippen molar-refractivity contribution in [2.24, 2.45) is 0 Å². The maximum atomic E-state index is 12.2. The summed E-state index contributed by atoms with van der Waals surface area (Å²) in [6.07, 6.45) is 2.13. The zero-order valence-electron chi connectivity index (χ0n) is 11.8. The lowest BCUT2D eigenvalue weighted by molar-refractivity contribution is -0.0443. The Labute approximate surface area is 120 Å². The van der Waals surface area contributed by atoms with Gasteiger partial charge in [-0.1, -0.05) is 6.07 Å². The van der Waals surface area contributed by atoms with E-state index in [2.05, 4.69) is 9.71 Å². The first-order chi connectivity index (χ1) is 9.47. The third kappa shape index (κ3) is 4.24. The minimum atomic E-state index is -3.44. The van der Waals surface area contributed by atoms with Crippen LogP contribution in [0.15, 0.2) is 24.4 Å². The molecular weight excluding hydrogens is 278 g/mol. The zero-order chi connectivity index (χ0) is 14.6. The van der Waals surface area contributed by atoms with Crippen LogP contribution >= 0.6 is 0 Å². The van der Waals surface area contributed by atoms with Crippen LogP contribution in [0.4, 0.5) is 0 Å². The Hall–Kier alpha value is -1.02. The fraction of sp³-hybridized carbons (Fsp3) is 0.615. The van der Waals surface area contributed by atoms with E-state index in [4.69, 9.17) is 4.74 Å². The molecule has 2 unspecified atom stereocenters. The monoisotopic (exact) mass is 299 g/mol. The summed E-state index contributed by atoms with van der Waals surface area (Å²) in [6, 6.07) is 5.61. The molecule has 1 aliphatic heterocycles. The van der Waals surface area contributed by atoms with Crippen molar-refractivity contribution in [3.63, 3.8) is 0 Å². The van der Waals surface area contributed by atoms with Crippen molar-refractivity contribution in [3.8, 4) is 0 Å². The molecule has 1 N–H and O–H groups in total. The second-order valence-electron chi connectivity index (χ2n) is 5.04. The van der Waals surface area contributed by atoms with Crippen LogP contribution in [0.1, 0.15) is 19.5 Å². The van der Waals surface area contributed by atoms with E-state index < -0.39 is 10.2 Å². The zero-order valence-corrected chi connectivity index (χ0v) is 12.6. The highest BCUT2D eigenvalue weighted by Crippen LogP contribution is 2.13. The van der Waals surface area contributed by atoms with E-state index in [1.165, 1.54) is 4.31 Å². The van der Waals surface area contributed by atoms with Crippen molar-refractivity contribution < 1.29 is 13.2 Å². The van der Waals surface area contributed by atoms with E-state index in [9.17, 15) is 8.42 Å². The Bertz CT molecular complexity index is 511. The Balaban J connectivity index is 1.87. The molecule has 0 spiro atoms. The molecule has 2 atom stereocenters. The first kappa shape index (κ1) is 15.4. The van der Waals surface area contributed by atoms with Gasteiger partial charge in [0.15, 0.2) is 0 Å². The number of pyridine rings is 1. The predicted octanol–water partition coefficient (Wildman–Crippen LogP) is 0.568. The molecule has 1 fully saturated rings. The van der Waals surface area contributed by atoms with Crippen LogP contribution in [-0.2, 0) is 21.4 Å². The largest absolute Gasteiger partial charge is 0.373 e. The summed E-state index contributed by atoms with van der Waals surface area (Å²) < 4.78 is 34.0. The minimum absolute atomic E-state index is 0.0777. The van der Waals surface area contributed by atoms with Gasteiger partial charge in [-0.25, -0.2) is 4.72 Å². The van der Waals surface area contributed by atoms with Gasteiger partial charge in [-0.05, 0) is 26.0 Å². The third-order valence-electron chi connectivity index (χ3n) is 3.12. The maximum Gasteiger partial charge on any atom is 0.279 e. The SMILES string of the molecule is CC1CN(S(=O)(=O)NCCc2ccccn2)CC(C)O1. The average Bonchev–Trinajstić information content (AvgIpc) is 2.38. The topological polar surface area (TPSA) is 71.5 Å². The lowest BCUT2D eigenvalue weighted by Crippen LogP contribution is -2.52. The normalized spacial score (nSPS) is 24.7. The summed E-state index contributed by atoms with van der Waals surface area (Å²) in [7, 11) is -3.44. The van der Waals surface area contributed by atoms with Gasteiger partial charge in [0.1, 0.15) is 0 Å². The van der Waals surface area contributed by atoms with Crippen LogP contribution in [0.25, 0.3) is 0 Å². The van der Waals surface area contributed by atoms with Crippen LogP contribution in [0, 0.1) is 0 Å². The van der Waals surface area contributed by atoms with Gasteiger partial charge < -0.3 is 4.74 Å². The van der Waals surface area contributed by atoms with Crippen LogP contribution < -0.4 is 4.72 Å². The number of ether oxygens (including phenoxy) is 1. The van der Waals surface area contributed by atoms with Crippen molar-refractivity contribution in [1.82, 2.24) is 14.0 Å². The van der Waals surface area contributed by atoms with Gasteiger partial charge in [-0.3, -0.25) is 4.98 Å². The molecular formula is C13H21N3O3S. The Morgan fingerprint density at radius 1 is 1.35 bits per heavy atom. The van der Waals surface area contributed by atoms with Crippen molar-refractivity contribution in [2.75, 3.05) is 19.6 Å². The van der Waals surface area contributed by atoms with Gasteiger partial charge in [-0.15, -0.1) is 0 Å². The number of nitrogens with one attached hydrogen (secondary N) is 1. The lowest BCUT2D eigenvalue weighted by Gasteiger charge is -2.34. The highest BCUT2D eigenvalue weighted by Gasteiger charge is 2.30. The second-order valence-corrected chi connectivity index (χ2v) is 6.80. The first-order valence-electron chi connectivity index (χ1n) is 6.77. The van der Waals surface area contributed by atoms with Crippen molar-refractivity contribution in [1.29, 1.82) is 0 Å². The van der Waals surface area contributed by atoms with Crippen molar-refractivity contribution in [2.45, 2.75) is 32.5 Å². The van der Waals surface area contributed by atoms with Crippen LogP contribution in [0.2, 0.25) is 0 Å². The molecule has 1 aliphatic rings. The van der Waals surface area contributed by atoms with Crippen LogP contribution in [0.5, 0.6) is 0 Å². The first-order valence-corrected chi connectivity index (χ1v) is 8.21. The van der Waals surface area contributed by atoms with Crippen molar-refractivity contribution in [3.05, 3.63) is 30.1 Å². The molecule has 0 amide bonds. The summed E-state index contributed by atoms with van der Waals surface area (Å²) in [5, 5.41) is 0. The molecule has 0 bridgehead atoms. The molecule has 0 aliphatic carbocycles. The maximum absolute atomic E-state index is 12.2. The molecule has 1 saturated heterocycles. The molecule has 1 aromatic rings. The van der Waals surface area contributed by atoms with E-state index in [1.54, 1.807) is 6.20 Å². The van der Waals surface area contributed by atoms with Gasteiger partial charge in [0.2, 0.25) is 0 Å². The quantitative estimate of drug-likeness (QED) is 0.863. The predicted molar refractivity (Wildman–Crippen MR) is 76.4 cm³/mol. The number of hydrogen-bond donors (Lipinski definition) is 1. The van der Waals surface area contributed by atoms with E-state index >= 15 is 0 Å². The Morgan fingerprint density at radius 3 is 2.65 bits per heavy atom. The summed E-state index contributed by atoms with van der Waals surface area (Å²) in [6.45, 7) is 4.89. The van der Waals surface area contributed by atoms with E-state index in [0.29, 0.717) is 26.1 Å². The third-order valence-corrected chi connectivity index (χ3v) is 4.66. The van der Waals surface area contributed by atoms with Gasteiger partial charge in [0.05, 0.1) is 12.2 Å². The molecule has 112 valence electrons. The Morgan fingerprint density at radius 2 is 2.05 bits per heavy atom. The van der Waals surface area contributed by atoms with Gasteiger partial charge >= 0.3 is 0 Å². The minimum Gasteiger partial charge on any atom is -0.373 e. The molecule has 0 aromatic carbocycles. The molecule has 0 saturated carbocycles. The van der Waals surface area contributed by atoms with Gasteiger partial charge in [-0.2, -0.15) is 12.7 Å². The summed E-state index contributed by atoms with van der Waals surface area (Å²) in [5.41, 5.74) is 0.874. The molecule has 2 heterocycles. The lowest BCUT2D eigenvalue weighted by atomic mass is 10.3. The molecule has 20 heavy (non-hydrogen) atoms. The molecule has 2 rings (SSSR count). The smallest absolute Gasteiger partial charge is 0.279 e. The van der Waals surface area contributed by atoms with E-state index in [-0.39, 0.29) is 12.2 Å². The van der Waals surface area contributed by atoms with E-state index in [0.717, 1.165) is 5.69 Å². The fourth-order valence-electron chi connectivity index (χ4n) is 2.27. The number of hydrogen-bond acceptors (Lipinski definition) is 4. The summed E-state index contributed by atoms with van der Waals surface area (Å²) >= 11 is 0. The average molecular weight is 299 g/mol. The van der Waals surface area contributed by atoms with Gasteiger partial charge in [0, 0.05) is 37.9 Å². The molecule has 1 aromatic heterocycles. The number of aromatic nitrogens is 1. The molecule has 0 radical (unpaired) electrons. The molecule has 7 heteroatoms. The summed E-state index contributed by atoms with van der Waals surface area (Å²) in [4.78, 5) is 4.17. The summed E-state index contributed by atoms with van der Waals surface area (Å²) in [5.74, 6) is 0. The number of nitrogens with zero attached hydrogens (tertiary/aromatic N) is 2. The number of morpholine rings is 1. The fourth-order valence-corrected chi connectivity index (χ4v) is 3.63. The number of rotatable bonds is 5. The highest BCUT2D eigenvalue weighted by atomic mass is 32.2. The van der Waals surface area contributed by atoms with Crippen LogP contribution in [-0.4, -0.2) is 49.5 Å². The molecule has 6 nitrogen and oxygen atoms in total. The Kier molecular flexibility index (Phi) is 5.09. The second kappa shape index (κ2) is 6.62. The highest BCUT2D eigenvalue weighted by molar-refractivity contribution is 7.87. The van der Waals surface area contributed by atoms with Gasteiger partial charge in [0.25, 0.3) is 10.2 Å².